The predicted molar refractivity (Wildman–Crippen MR) is 115 cm³/mol. The molecule has 6 heteroatoms. The fourth-order valence-electron chi connectivity index (χ4n) is 2.98. The summed E-state index contributed by atoms with van der Waals surface area (Å²) in [4.78, 5) is 12.4. The van der Waals surface area contributed by atoms with Crippen LogP contribution in [0.4, 0.5) is 0 Å². The lowest BCUT2D eigenvalue weighted by Gasteiger charge is -2.12. The third kappa shape index (κ3) is 5.06. The number of ether oxygens (including phenoxy) is 2. The summed E-state index contributed by atoms with van der Waals surface area (Å²) in [5.74, 6) is 1.36. The van der Waals surface area contributed by atoms with Crippen LogP contribution in [0.15, 0.2) is 48.5 Å². The van der Waals surface area contributed by atoms with Gasteiger partial charge in [0.15, 0.2) is 0 Å². The third-order valence-corrected chi connectivity index (χ3v) is 4.93. The zero-order valence-corrected chi connectivity index (χ0v) is 17.7. The normalized spacial score (nSPS) is 11.1. The first-order chi connectivity index (χ1) is 13.9. The highest BCUT2D eigenvalue weighted by Gasteiger charge is 2.09. The van der Waals surface area contributed by atoms with E-state index in [-0.39, 0.29) is 5.78 Å². The Balaban J connectivity index is 1.76. The molecule has 0 radical (unpaired) electrons. The van der Waals surface area contributed by atoms with Crippen LogP contribution in [-0.2, 0) is 13.7 Å². The van der Waals surface area contributed by atoms with Crippen LogP contribution in [0.5, 0.6) is 11.5 Å². The SMILES string of the molecule is COc1ccc(/C=C/C(=O)c2cc(C)nn2C)cc1COc1ccc(Cl)c(C)c1. The van der Waals surface area contributed by atoms with Gasteiger partial charge in [0.1, 0.15) is 23.8 Å². The van der Waals surface area contributed by atoms with Crippen molar-refractivity contribution in [3.05, 3.63) is 81.6 Å². The third-order valence-electron chi connectivity index (χ3n) is 4.51. The van der Waals surface area contributed by atoms with Gasteiger partial charge in [0.05, 0.1) is 12.8 Å². The summed E-state index contributed by atoms with van der Waals surface area (Å²) in [7, 11) is 3.38. The van der Waals surface area contributed by atoms with Crippen LogP contribution >= 0.6 is 11.6 Å². The first kappa shape index (κ1) is 20.7. The van der Waals surface area contributed by atoms with Gasteiger partial charge in [-0.2, -0.15) is 5.10 Å². The number of benzene rings is 2. The lowest BCUT2D eigenvalue weighted by Crippen LogP contribution is -2.04. The molecule has 150 valence electrons. The van der Waals surface area contributed by atoms with Crippen LogP contribution in [-0.4, -0.2) is 22.7 Å². The summed E-state index contributed by atoms with van der Waals surface area (Å²) >= 11 is 6.07. The number of carbonyl (C=O) groups excluding carboxylic acids is 1. The maximum absolute atomic E-state index is 12.4. The minimum atomic E-state index is -0.0987. The van der Waals surface area contributed by atoms with Gasteiger partial charge >= 0.3 is 0 Å². The largest absolute Gasteiger partial charge is 0.496 e. The van der Waals surface area contributed by atoms with Crippen LogP contribution in [0, 0.1) is 13.8 Å². The van der Waals surface area contributed by atoms with Gasteiger partial charge in [0, 0.05) is 17.6 Å². The Bertz CT molecular complexity index is 1070. The second-order valence-electron chi connectivity index (χ2n) is 6.76. The van der Waals surface area contributed by atoms with E-state index >= 15 is 0 Å². The summed E-state index contributed by atoms with van der Waals surface area (Å²) in [6, 6.07) is 13.0. The van der Waals surface area contributed by atoms with Crippen molar-refractivity contribution >= 4 is 23.5 Å². The van der Waals surface area contributed by atoms with Crippen molar-refractivity contribution in [3.63, 3.8) is 0 Å². The number of allylic oxidation sites excluding steroid dienone is 1. The van der Waals surface area contributed by atoms with Crippen LogP contribution in [0.1, 0.15) is 32.9 Å². The van der Waals surface area contributed by atoms with Crippen molar-refractivity contribution in [2.45, 2.75) is 20.5 Å². The van der Waals surface area contributed by atoms with E-state index in [0.717, 1.165) is 33.9 Å². The average Bonchev–Trinajstić information content (AvgIpc) is 3.05. The highest BCUT2D eigenvalue weighted by molar-refractivity contribution is 6.31. The van der Waals surface area contributed by atoms with E-state index < -0.39 is 0 Å². The number of carbonyl (C=O) groups is 1. The zero-order chi connectivity index (χ0) is 21.0. The Morgan fingerprint density at radius 1 is 1.17 bits per heavy atom. The van der Waals surface area contributed by atoms with Crippen LogP contribution in [0.3, 0.4) is 0 Å². The molecule has 0 N–H and O–H groups in total. The summed E-state index contributed by atoms with van der Waals surface area (Å²) < 4.78 is 12.9. The van der Waals surface area contributed by atoms with Crippen molar-refractivity contribution in [2.75, 3.05) is 7.11 Å². The minimum absolute atomic E-state index is 0.0987. The molecule has 0 aliphatic carbocycles. The molecular weight excluding hydrogens is 388 g/mol. The molecule has 1 aromatic heterocycles. The number of ketones is 1. The first-order valence-electron chi connectivity index (χ1n) is 9.16. The number of aromatic nitrogens is 2. The van der Waals surface area contributed by atoms with Crippen molar-refractivity contribution in [3.8, 4) is 11.5 Å². The molecule has 2 aromatic carbocycles. The number of aryl methyl sites for hydroxylation is 3. The molecule has 1 heterocycles. The standard InChI is InChI=1S/C23H23ClN2O3/c1-15-11-19(7-8-20(15)24)29-14-18-13-17(6-10-23(18)28-4)5-9-22(27)21-12-16(2)25-26(21)3/h5-13H,14H2,1-4H3/b9-5+. The highest BCUT2D eigenvalue weighted by Crippen LogP contribution is 2.25. The number of halogens is 1. The van der Waals surface area contributed by atoms with Gasteiger partial charge in [-0.05, 0) is 67.4 Å². The molecule has 0 aliphatic heterocycles. The van der Waals surface area contributed by atoms with Crippen LogP contribution < -0.4 is 9.47 Å². The first-order valence-corrected chi connectivity index (χ1v) is 9.54. The summed E-state index contributed by atoms with van der Waals surface area (Å²) in [6.07, 6.45) is 3.32. The molecule has 0 amide bonds. The number of hydrogen-bond donors (Lipinski definition) is 0. The molecule has 5 nitrogen and oxygen atoms in total. The minimum Gasteiger partial charge on any atom is -0.496 e. The lowest BCUT2D eigenvalue weighted by molar-refractivity contribution is 0.103. The summed E-state index contributed by atoms with van der Waals surface area (Å²) in [6.45, 7) is 4.13. The van der Waals surface area contributed by atoms with Crippen LogP contribution in [0.2, 0.25) is 5.02 Å². The van der Waals surface area contributed by atoms with E-state index in [1.165, 1.54) is 0 Å². The van der Waals surface area contributed by atoms with Crippen molar-refractivity contribution in [2.24, 2.45) is 7.05 Å². The predicted octanol–water partition coefficient (Wildman–Crippen LogP) is 5.17. The molecule has 0 atom stereocenters. The molecular formula is C23H23ClN2O3. The van der Waals surface area contributed by atoms with Crippen LogP contribution in [0.25, 0.3) is 6.08 Å². The highest BCUT2D eigenvalue weighted by atomic mass is 35.5. The topological polar surface area (TPSA) is 53.3 Å². The Morgan fingerprint density at radius 2 is 1.97 bits per heavy atom. The average molecular weight is 411 g/mol. The summed E-state index contributed by atoms with van der Waals surface area (Å²) in [5.41, 5.74) is 4.08. The molecule has 0 fully saturated rings. The molecule has 0 bridgehead atoms. The van der Waals surface area contributed by atoms with Gasteiger partial charge in [0.2, 0.25) is 5.78 Å². The van der Waals surface area contributed by atoms with E-state index in [2.05, 4.69) is 5.10 Å². The number of rotatable bonds is 7. The number of methoxy groups -OCH3 is 1. The van der Waals surface area contributed by atoms with E-state index in [9.17, 15) is 4.79 Å². The maximum Gasteiger partial charge on any atom is 0.203 e. The molecule has 0 saturated carbocycles. The fraction of sp³-hybridized carbons (Fsp3) is 0.217. The van der Waals surface area contributed by atoms with Gasteiger partial charge in [-0.1, -0.05) is 23.7 Å². The summed E-state index contributed by atoms with van der Waals surface area (Å²) in [5, 5.41) is 4.91. The zero-order valence-electron chi connectivity index (χ0n) is 16.9. The number of nitrogens with zero attached hydrogens (tertiary/aromatic N) is 2. The molecule has 0 saturated heterocycles. The molecule has 0 spiro atoms. The van der Waals surface area contributed by atoms with Gasteiger partial charge in [-0.15, -0.1) is 0 Å². The smallest absolute Gasteiger partial charge is 0.203 e. The van der Waals surface area contributed by atoms with Gasteiger partial charge in [0.25, 0.3) is 0 Å². The quantitative estimate of drug-likeness (QED) is 0.398. The van der Waals surface area contributed by atoms with Crippen molar-refractivity contribution in [1.29, 1.82) is 0 Å². The lowest BCUT2D eigenvalue weighted by atomic mass is 10.1. The Labute approximate surface area is 175 Å². The monoisotopic (exact) mass is 410 g/mol. The van der Waals surface area contributed by atoms with Gasteiger partial charge in [-0.3, -0.25) is 9.48 Å². The van der Waals surface area contributed by atoms with E-state index in [4.69, 9.17) is 21.1 Å². The van der Waals surface area contributed by atoms with Gasteiger partial charge in [-0.25, -0.2) is 0 Å². The van der Waals surface area contributed by atoms with E-state index in [1.807, 2.05) is 50.2 Å². The van der Waals surface area contributed by atoms with Gasteiger partial charge < -0.3 is 9.47 Å². The fourth-order valence-corrected chi connectivity index (χ4v) is 3.10. The molecule has 0 unspecified atom stereocenters. The molecule has 3 rings (SSSR count). The molecule has 29 heavy (non-hydrogen) atoms. The Kier molecular flexibility index (Phi) is 6.39. The Hall–Kier alpha value is -3.05. The maximum atomic E-state index is 12.4. The Morgan fingerprint density at radius 3 is 2.62 bits per heavy atom. The van der Waals surface area contributed by atoms with Crippen molar-refractivity contribution in [1.82, 2.24) is 9.78 Å². The number of hydrogen-bond acceptors (Lipinski definition) is 4. The van der Waals surface area contributed by atoms with E-state index in [0.29, 0.717) is 17.3 Å². The second kappa shape index (κ2) is 8.97. The van der Waals surface area contributed by atoms with Crippen molar-refractivity contribution < 1.29 is 14.3 Å². The molecule has 3 aromatic rings. The molecule has 0 aliphatic rings. The second-order valence-corrected chi connectivity index (χ2v) is 7.17. The van der Waals surface area contributed by atoms with E-state index in [1.54, 1.807) is 37.1 Å².